The van der Waals surface area contributed by atoms with E-state index in [-0.39, 0.29) is 6.42 Å². The van der Waals surface area contributed by atoms with E-state index in [1.54, 1.807) is 20.8 Å². The Bertz CT molecular complexity index is 395. The van der Waals surface area contributed by atoms with Crippen LogP contribution in [-0.4, -0.2) is 75.8 Å². The Hall–Kier alpha value is -1.38. The summed E-state index contributed by atoms with van der Waals surface area (Å²) in [6, 6.07) is -1.96. The summed E-state index contributed by atoms with van der Waals surface area (Å²) >= 11 is 0. The monoisotopic (exact) mass is 304 g/mol. The van der Waals surface area contributed by atoms with Crippen molar-refractivity contribution in [3.8, 4) is 0 Å². The Kier molecular flexibility index (Phi) is 5.54. The van der Waals surface area contributed by atoms with Crippen molar-refractivity contribution in [2.24, 2.45) is 0 Å². The zero-order chi connectivity index (χ0) is 16.4. The normalized spacial score (nSPS) is 29.4. The first-order valence-corrected chi connectivity index (χ1v) is 6.81. The molecule has 1 heterocycles. The predicted molar refractivity (Wildman–Crippen MR) is 73.4 cm³/mol. The van der Waals surface area contributed by atoms with E-state index in [0.29, 0.717) is 0 Å². The van der Waals surface area contributed by atoms with Gasteiger partial charge in [0.05, 0.1) is 18.7 Å². The predicted octanol–water partition coefficient (Wildman–Crippen LogP) is -1.18. The first kappa shape index (κ1) is 17.7. The van der Waals surface area contributed by atoms with Gasteiger partial charge in [-0.05, 0) is 20.8 Å². The topological polar surface area (TPSA) is 119 Å². The SMILES string of the molecule is CNC(=O)C[C@@H]1[C@H](O)[C@H](O)[C@@H](CO)N1C(=O)OC(C)(C)C. The lowest BCUT2D eigenvalue weighted by Gasteiger charge is -2.31. The number of hydrogen-bond acceptors (Lipinski definition) is 6. The molecular weight excluding hydrogens is 280 g/mol. The molecular formula is C13H24N2O6. The molecule has 21 heavy (non-hydrogen) atoms. The molecule has 8 nitrogen and oxygen atoms in total. The first-order valence-electron chi connectivity index (χ1n) is 6.81. The third-order valence-corrected chi connectivity index (χ3v) is 3.32. The summed E-state index contributed by atoms with van der Waals surface area (Å²) in [6.07, 6.45) is -3.64. The van der Waals surface area contributed by atoms with Crippen LogP contribution in [0.3, 0.4) is 0 Å². The quantitative estimate of drug-likeness (QED) is 0.521. The second-order valence-corrected chi connectivity index (χ2v) is 6.06. The molecule has 0 radical (unpaired) electrons. The molecule has 1 fully saturated rings. The molecule has 8 heteroatoms. The van der Waals surface area contributed by atoms with E-state index in [0.717, 1.165) is 4.90 Å². The van der Waals surface area contributed by atoms with Gasteiger partial charge in [0.1, 0.15) is 17.8 Å². The molecule has 0 aromatic heterocycles. The van der Waals surface area contributed by atoms with Gasteiger partial charge >= 0.3 is 6.09 Å². The molecule has 0 unspecified atom stereocenters. The molecule has 0 aliphatic carbocycles. The van der Waals surface area contributed by atoms with Crippen LogP contribution in [0, 0.1) is 0 Å². The number of nitrogens with one attached hydrogen (secondary N) is 1. The van der Waals surface area contributed by atoms with Crippen LogP contribution in [0.4, 0.5) is 4.79 Å². The average molecular weight is 304 g/mol. The van der Waals surface area contributed by atoms with E-state index in [1.165, 1.54) is 7.05 Å². The molecule has 0 bridgehead atoms. The molecule has 0 saturated carbocycles. The zero-order valence-electron chi connectivity index (χ0n) is 12.7. The summed E-state index contributed by atoms with van der Waals surface area (Å²) in [5, 5.41) is 31.7. The summed E-state index contributed by atoms with van der Waals surface area (Å²) in [5.41, 5.74) is -0.771. The van der Waals surface area contributed by atoms with Crippen molar-refractivity contribution >= 4 is 12.0 Å². The summed E-state index contributed by atoms with van der Waals surface area (Å²) in [5.74, 6) is -0.390. The van der Waals surface area contributed by atoms with Gasteiger partial charge < -0.3 is 25.4 Å². The highest BCUT2D eigenvalue weighted by atomic mass is 16.6. The number of aliphatic hydroxyl groups excluding tert-OH is 3. The van der Waals surface area contributed by atoms with E-state index in [4.69, 9.17) is 4.74 Å². The van der Waals surface area contributed by atoms with Crippen LogP contribution < -0.4 is 5.32 Å². The van der Waals surface area contributed by atoms with Crippen LogP contribution in [0.25, 0.3) is 0 Å². The van der Waals surface area contributed by atoms with Crippen LogP contribution >= 0.6 is 0 Å². The maximum absolute atomic E-state index is 12.2. The summed E-state index contributed by atoms with van der Waals surface area (Å²) in [6.45, 7) is 4.49. The van der Waals surface area contributed by atoms with E-state index < -0.39 is 48.5 Å². The highest BCUT2D eigenvalue weighted by Crippen LogP contribution is 2.29. The Morgan fingerprint density at radius 3 is 2.14 bits per heavy atom. The number of nitrogens with zero attached hydrogens (tertiary/aromatic N) is 1. The van der Waals surface area contributed by atoms with E-state index in [9.17, 15) is 24.9 Å². The number of rotatable bonds is 3. The molecule has 0 spiro atoms. The van der Waals surface area contributed by atoms with Crippen LogP contribution in [0.1, 0.15) is 27.2 Å². The van der Waals surface area contributed by atoms with Gasteiger partial charge in [0.15, 0.2) is 0 Å². The number of aliphatic hydroxyl groups is 3. The van der Waals surface area contributed by atoms with E-state index >= 15 is 0 Å². The van der Waals surface area contributed by atoms with E-state index in [1.807, 2.05) is 0 Å². The van der Waals surface area contributed by atoms with Crippen molar-refractivity contribution < 1.29 is 29.6 Å². The number of ether oxygens (including phenoxy) is 1. The van der Waals surface area contributed by atoms with Gasteiger partial charge in [0, 0.05) is 13.5 Å². The highest BCUT2D eigenvalue weighted by molar-refractivity contribution is 5.78. The van der Waals surface area contributed by atoms with Gasteiger partial charge in [0.25, 0.3) is 0 Å². The van der Waals surface area contributed by atoms with Crippen LogP contribution in [0.2, 0.25) is 0 Å². The van der Waals surface area contributed by atoms with Crippen LogP contribution in [-0.2, 0) is 9.53 Å². The number of hydrogen-bond donors (Lipinski definition) is 4. The smallest absolute Gasteiger partial charge is 0.411 e. The van der Waals surface area contributed by atoms with Gasteiger partial charge in [-0.25, -0.2) is 4.79 Å². The van der Waals surface area contributed by atoms with Crippen molar-refractivity contribution in [1.29, 1.82) is 0 Å². The molecule has 1 rings (SSSR count). The number of carbonyl (C=O) groups excluding carboxylic acids is 2. The largest absolute Gasteiger partial charge is 0.444 e. The standard InChI is InChI=1S/C13H24N2O6/c1-13(2,3)21-12(20)15-7(5-9(17)14-4)10(18)11(19)8(15)6-16/h7-8,10-11,16,18-19H,5-6H2,1-4H3,(H,14,17)/t7-,8-,10+,11-/m1/s1. The van der Waals surface area contributed by atoms with Gasteiger partial charge in [0.2, 0.25) is 5.91 Å². The number of amides is 2. The fourth-order valence-corrected chi connectivity index (χ4v) is 2.32. The van der Waals surface area contributed by atoms with Crippen LogP contribution in [0.5, 0.6) is 0 Å². The maximum atomic E-state index is 12.2. The third-order valence-electron chi connectivity index (χ3n) is 3.32. The van der Waals surface area contributed by atoms with Crippen molar-refractivity contribution in [3.05, 3.63) is 0 Å². The Morgan fingerprint density at radius 2 is 1.71 bits per heavy atom. The number of likely N-dealkylation sites (tertiary alicyclic amines) is 1. The molecule has 0 aromatic carbocycles. The first-order chi connectivity index (χ1) is 9.62. The number of carbonyl (C=O) groups is 2. The lowest BCUT2D eigenvalue weighted by molar-refractivity contribution is -0.122. The minimum Gasteiger partial charge on any atom is -0.444 e. The van der Waals surface area contributed by atoms with E-state index in [2.05, 4.69) is 5.32 Å². The summed E-state index contributed by atoms with van der Waals surface area (Å²) in [7, 11) is 1.43. The molecule has 2 amide bonds. The average Bonchev–Trinajstić information content (AvgIpc) is 2.60. The van der Waals surface area contributed by atoms with Crippen molar-refractivity contribution in [3.63, 3.8) is 0 Å². The molecule has 1 aliphatic heterocycles. The van der Waals surface area contributed by atoms with Crippen molar-refractivity contribution in [1.82, 2.24) is 10.2 Å². The third kappa shape index (κ3) is 4.05. The molecule has 4 atom stereocenters. The molecule has 1 saturated heterocycles. The zero-order valence-corrected chi connectivity index (χ0v) is 12.7. The maximum Gasteiger partial charge on any atom is 0.411 e. The molecule has 1 aliphatic rings. The lowest BCUT2D eigenvalue weighted by Crippen LogP contribution is -2.49. The van der Waals surface area contributed by atoms with Crippen molar-refractivity contribution in [2.45, 2.75) is 57.1 Å². The second-order valence-electron chi connectivity index (χ2n) is 6.06. The Labute approximate surface area is 123 Å². The molecule has 0 aromatic rings. The van der Waals surface area contributed by atoms with Gasteiger partial charge in [-0.1, -0.05) is 0 Å². The summed E-state index contributed by atoms with van der Waals surface area (Å²) in [4.78, 5) is 24.8. The van der Waals surface area contributed by atoms with Gasteiger partial charge in [-0.15, -0.1) is 0 Å². The fraction of sp³-hybridized carbons (Fsp3) is 0.846. The van der Waals surface area contributed by atoms with Gasteiger partial charge in [-0.3, -0.25) is 9.69 Å². The Morgan fingerprint density at radius 1 is 1.19 bits per heavy atom. The molecule has 122 valence electrons. The summed E-state index contributed by atoms with van der Waals surface area (Å²) < 4.78 is 5.22. The second kappa shape index (κ2) is 6.59. The minimum absolute atomic E-state index is 0.190. The highest BCUT2D eigenvalue weighted by Gasteiger charge is 2.51. The fourth-order valence-electron chi connectivity index (χ4n) is 2.32. The minimum atomic E-state index is -1.34. The van der Waals surface area contributed by atoms with Gasteiger partial charge in [-0.2, -0.15) is 0 Å². The Balaban J connectivity index is 3.01. The molecule has 4 N–H and O–H groups in total. The van der Waals surface area contributed by atoms with Crippen molar-refractivity contribution in [2.75, 3.05) is 13.7 Å². The lowest BCUT2D eigenvalue weighted by atomic mass is 10.1. The van der Waals surface area contributed by atoms with Crippen LogP contribution in [0.15, 0.2) is 0 Å².